The zero-order valence-corrected chi connectivity index (χ0v) is 9.86. The van der Waals surface area contributed by atoms with Crippen molar-refractivity contribution in [1.29, 1.82) is 5.26 Å². The van der Waals surface area contributed by atoms with Gasteiger partial charge in [0.25, 0.3) is 0 Å². The zero-order chi connectivity index (χ0) is 12.7. The Bertz CT molecular complexity index is 409. The molecule has 0 aromatic heterocycles. The summed E-state index contributed by atoms with van der Waals surface area (Å²) >= 11 is 0. The summed E-state index contributed by atoms with van der Waals surface area (Å²) in [6.45, 7) is 2.40. The number of rotatable bonds is 4. The third-order valence-corrected chi connectivity index (χ3v) is 2.06. The number of ether oxygens (including phenoxy) is 1. The topological polar surface area (TPSA) is 74.2 Å². The van der Waals surface area contributed by atoms with Crippen LogP contribution in [0.25, 0.3) is 0 Å². The first-order valence-corrected chi connectivity index (χ1v) is 5.28. The van der Waals surface area contributed by atoms with E-state index >= 15 is 0 Å². The lowest BCUT2D eigenvalue weighted by molar-refractivity contribution is 0.121. The van der Waals surface area contributed by atoms with Crippen LogP contribution in [0.15, 0.2) is 24.3 Å². The normalized spacial score (nSPS) is 11.4. The molecule has 0 spiro atoms. The molecule has 1 rings (SSSR count). The summed E-state index contributed by atoms with van der Waals surface area (Å²) in [5, 5.41) is 14.1. The summed E-state index contributed by atoms with van der Waals surface area (Å²) in [6.07, 6.45) is -0.698. The van der Waals surface area contributed by atoms with Crippen molar-refractivity contribution in [3.05, 3.63) is 29.8 Å². The molecule has 1 aromatic rings. The Morgan fingerprint density at radius 3 is 2.65 bits per heavy atom. The Morgan fingerprint density at radius 1 is 1.47 bits per heavy atom. The van der Waals surface area contributed by atoms with Gasteiger partial charge in [0, 0.05) is 12.2 Å². The summed E-state index contributed by atoms with van der Waals surface area (Å²) in [5.74, 6) is 0. The molecule has 0 aliphatic heterocycles. The van der Waals surface area contributed by atoms with Gasteiger partial charge >= 0.3 is 6.09 Å². The molecule has 0 aliphatic carbocycles. The first-order chi connectivity index (χ1) is 8.15. The van der Waals surface area contributed by atoms with E-state index in [4.69, 9.17) is 10.00 Å². The minimum absolute atomic E-state index is 0.196. The molecule has 0 heterocycles. The van der Waals surface area contributed by atoms with Crippen molar-refractivity contribution in [2.75, 3.05) is 18.9 Å². The lowest BCUT2D eigenvalue weighted by Crippen LogP contribution is -2.28. The molecule has 0 bridgehead atoms. The van der Waals surface area contributed by atoms with Gasteiger partial charge in [-0.2, -0.15) is 5.26 Å². The van der Waals surface area contributed by atoms with Gasteiger partial charge in [-0.25, -0.2) is 4.79 Å². The van der Waals surface area contributed by atoms with Crippen LogP contribution in [0.1, 0.15) is 12.5 Å². The minimum atomic E-state index is -0.502. The van der Waals surface area contributed by atoms with Crippen molar-refractivity contribution in [3.8, 4) is 6.07 Å². The molecule has 1 unspecified atom stereocenters. The Morgan fingerprint density at radius 2 is 2.12 bits per heavy atom. The maximum Gasteiger partial charge on any atom is 0.411 e. The molecule has 5 heteroatoms. The highest BCUT2D eigenvalue weighted by atomic mass is 16.6. The van der Waals surface area contributed by atoms with E-state index in [1.54, 1.807) is 38.2 Å². The number of benzene rings is 1. The monoisotopic (exact) mass is 233 g/mol. The van der Waals surface area contributed by atoms with Gasteiger partial charge in [0.15, 0.2) is 0 Å². The number of carbonyl (C=O) groups excluding carboxylic acids is 1. The highest BCUT2D eigenvalue weighted by molar-refractivity contribution is 5.84. The van der Waals surface area contributed by atoms with Crippen LogP contribution in [0.3, 0.4) is 0 Å². The molecule has 0 fully saturated rings. The van der Waals surface area contributed by atoms with E-state index in [1.165, 1.54) is 0 Å². The van der Waals surface area contributed by atoms with E-state index in [-0.39, 0.29) is 6.10 Å². The molecular formula is C12H15N3O2. The highest BCUT2D eigenvalue weighted by Crippen LogP contribution is 2.09. The van der Waals surface area contributed by atoms with Crippen LogP contribution in [0, 0.1) is 11.3 Å². The predicted octanol–water partition coefficient (Wildman–Crippen LogP) is 1.71. The van der Waals surface area contributed by atoms with E-state index in [0.29, 0.717) is 17.8 Å². The van der Waals surface area contributed by atoms with Crippen molar-refractivity contribution in [3.63, 3.8) is 0 Å². The maximum atomic E-state index is 11.4. The van der Waals surface area contributed by atoms with Crippen LogP contribution >= 0.6 is 0 Å². The number of likely N-dealkylation sites (N-methyl/N-ethyl adjacent to an activating group) is 1. The van der Waals surface area contributed by atoms with E-state index in [2.05, 4.69) is 10.6 Å². The molecule has 2 N–H and O–H groups in total. The van der Waals surface area contributed by atoms with E-state index in [9.17, 15) is 4.79 Å². The van der Waals surface area contributed by atoms with Crippen molar-refractivity contribution in [1.82, 2.24) is 5.32 Å². The SMILES string of the molecule is CNCC(C)OC(=O)Nc1ccc(C#N)cc1. The lowest BCUT2D eigenvalue weighted by atomic mass is 10.2. The average Bonchev–Trinajstić information content (AvgIpc) is 2.30. The van der Waals surface area contributed by atoms with E-state index in [0.717, 1.165) is 0 Å². The van der Waals surface area contributed by atoms with Crippen LogP contribution < -0.4 is 10.6 Å². The smallest absolute Gasteiger partial charge is 0.411 e. The van der Waals surface area contributed by atoms with Crippen molar-refractivity contribution < 1.29 is 9.53 Å². The standard InChI is InChI=1S/C12H15N3O2/c1-9(8-14-2)17-12(16)15-11-5-3-10(7-13)4-6-11/h3-6,9,14H,8H2,1-2H3,(H,15,16). The second-order valence-corrected chi connectivity index (χ2v) is 3.59. The van der Waals surface area contributed by atoms with E-state index < -0.39 is 6.09 Å². The van der Waals surface area contributed by atoms with Gasteiger partial charge in [-0.15, -0.1) is 0 Å². The third-order valence-electron chi connectivity index (χ3n) is 2.06. The first-order valence-electron chi connectivity index (χ1n) is 5.28. The van der Waals surface area contributed by atoms with Crippen LogP contribution in [0.4, 0.5) is 10.5 Å². The number of nitriles is 1. The van der Waals surface area contributed by atoms with Gasteiger partial charge in [0.1, 0.15) is 6.10 Å². The second kappa shape index (κ2) is 6.51. The molecule has 1 atom stereocenters. The maximum absolute atomic E-state index is 11.4. The van der Waals surface area contributed by atoms with Gasteiger partial charge < -0.3 is 10.1 Å². The Hall–Kier alpha value is -2.06. The number of anilines is 1. The number of hydrogen-bond donors (Lipinski definition) is 2. The summed E-state index contributed by atoms with van der Waals surface area (Å²) < 4.78 is 5.07. The third kappa shape index (κ3) is 4.53. The van der Waals surface area contributed by atoms with Crippen LogP contribution in [-0.2, 0) is 4.74 Å². The molecular weight excluding hydrogens is 218 g/mol. The zero-order valence-electron chi connectivity index (χ0n) is 9.86. The minimum Gasteiger partial charge on any atom is -0.445 e. The van der Waals surface area contributed by atoms with Gasteiger partial charge in [-0.05, 0) is 38.2 Å². The van der Waals surface area contributed by atoms with Crippen molar-refractivity contribution in [2.24, 2.45) is 0 Å². The number of amides is 1. The fraction of sp³-hybridized carbons (Fsp3) is 0.333. The lowest BCUT2D eigenvalue weighted by Gasteiger charge is -2.13. The summed E-state index contributed by atoms with van der Waals surface area (Å²) in [6, 6.07) is 8.58. The molecule has 5 nitrogen and oxygen atoms in total. The van der Waals surface area contributed by atoms with Crippen LogP contribution in [0.2, 0.25) is 0 Å². The molecule has 0 saturated heterocycles. The summed E-state index contributed by atoms with van der Waals surface area (Å²) in [4.78, 5) is 11.4. The summed E-state index contributed by atoms with van der Waals surface area (Å²) in [5.41, 5.74) is 1.15. The first kappa shape index (κ1) is 13.0. The fourth-order valence-electron chi connectivity index (χ4n) is 1.29. The number of nitrogens with one attached hydrogen (secondary N) is 2. The largest absolute Gasteiger partial charge is 0.445 e. The van der Waals surface area contributed by atoms with Crippen molar-refractivity contribution in [2.45, 2.75) is 13.0 Å². The second-order valence-electron chi connectivity index (χ2n) is 3.59. The highest BCUT2D eigenvalue weighted by Gasteiger charge is 2.08. The number of hydrogen-bond acceptors (Lipinski definition) is 4. The Balaban J connectivity index is 2.48. The number of nitrogens with zero attached hydrogens (tertiary/aromatic N) is 1. The van der Waals surface area contributed by atoms with Gasteiger partial charge in [-0.3, -0.25) is 5.32 Å². The molecule has 1 aromatic carbocycles. The molecule has 17 heavy (non-hydrogen) atoms. The Labute approximate surface area is 100 Å². The van der Waals surface area contributed by atoms with Crippen molar-refractivity contribution >= 4 is 11.8 Å². The van der Waals surface area contributed by atoms with Gasteiger partial charge in [0.05, 0.1) is 11.6 Å². The molecule has 90 valence electrons. The van der Waals surface area contributed by atoms with Crippen LogP contribution in [-0.4, -0.2) is 25.8 Å². The fourth-order valence-corrected chi connectivity index (χ4v) is 1.29. The molecule has 0 radical (unpaired) electrons. The average molecular weight is 233 g/mol. The number of carbonyl (C=O) groups is 1. The molecule has 0 saturated carbocycles. The predicted molar refractivity (Wildman–Crippen MR) is 64.6 cm³/mol. The van der Waals surface area contributed by atoms with Gasteiger partial charge in [-0.1, -0.05) is 0 Å². The molecule has 0 aliphatic rings. The van der Waals surface area contributed by atoms with Gasteiger partial charge in [0.2, 0.25) is 0 Å². The molecule has 1 amide bonds. The van der Waals surface area contributed by atoms with Crippen LogP contribution in [0.5, 0.6) is 0 Å². The van der Waals surface area contributed by atoms with E-state index in [1.807, 2.05) is 6.07 Å². The Kier molecular flexibility index (Phi) is 4.98. The summed E-state index contributed by atoms with van der Waals surface area (Å²) in [7, 11) is 1.79. The quantitative estimate of drug-likeness (QED) is 0.830.